The fraction of sp³-hybridized carbons (Fsp3) is 0.905. The molecule has 0 heterocycles. The van der Waals surface area contributed by atoms with Crippen molar-refractivity contribution in [3.05, 3.63) is 0 Å². The first-order valence-electron chi connectivity index (χ1n) is 10.1. The highest BCUT2D eigenvalue weighted by molar-refractivity contribution is 5.92. The van der Waals surface area contributed by atoms with Gasteiger partial charge in [-0.1, -0.05) is 96.8 Å². The first-order chi connectivity index (χ1) is 11.2. The Morgan fingerprint density at radius 3 is 1.39 bits per heavy atom. The van der Waals surface area contributed by atoms with E-state index >= 15 is 0 Å². The van der Waals surface area contributed by atoms with E-state index in [9.17, 15) is 9.59 Å². The minimum absolute atomic E-state index is 0.0506. The molecule has 2 nitrogen and oxygen atoms in total. The molecule has 0 rings (SSSR count). The molecule has 0 aromatic rings. The van der Waals surface area contributed by atoms with Gasteiger partial charge in [0.2, 0.25) is 6.29 Å². The van der Waals surface area contributed by atoms with Crippen LogP contribution < -0.4 is 0 Å². The van der Waals surface area contributed by atoms with Crippen molar-refractivity contribution in [2.75, 3.05) is 0 Å². The van der Waals surface area contributed by atoms with Crippen LogP contribution in [-0.2, 0) is 9.59 Å². The van der Waals surface area contributed by atoms with Crippen molar-refractivity contribution in [2.45, 2.75) is 117 Å². The molecule has 0 bridgehead atoms. The van der Waals surface area contributed by atoms with Gasteiger partial charge in [0.1, 0.15) is 5.78 Å². The summed E-state index contributed by atoms with van der Waals surface area (Å²) in [5.41, 5.74) is 0. The van der Waals surface area contributed by atoms with Crippen molar-refractivity contribution in [2.24, 2.45) is 5.92 Å². The third-order valence-electron chi connectivity index (χ3n) is 4.69. The summed E-state index contributed by atoms with van der Waals surface area (Å²) in [7, 11) is 0. The Hall–Kier alpha value is -0.660. The second-order valence-corrected chi connectivity index (χ2v) is 7.01. The van der Waals surface area contributed by atoms with E-state index in [2.05, 4.69) is 6.92 Å². The molecular formula is C21H39O2. The van der Waals surface area contributed by atoms with Gasteiger partial charge >= 0.3 is 0 Å². The van der Waals surface area contributed by atoms with Crippen molar-refractivity contribution in [1.29, 1.82) is 0 Å². The average Bonchev–Trinajstić information content (AvgIpc) is 2.57. The van der Waals surface area contributed by atoms with E-state index in [1.165, 1.54) is 83.5 Å². The van der Waals surface area contributed by atoms with Crippen LogP contribution in [0.4, 0.5) is 0 Å². The van der Waals surface area contributed by atoms with Crippen LogP contribution >= 0.6 is 0 Å². The summed E-state index contributed by atoms with van der Waals surface area (Å²) in [5, 5.41) is 0. The number of Topliss-reactive ketones (excluding diaryl/α,β-unsaturated/α-hetero) is 1. The van der Waals surface area contributed by atoms with Crippen LogP contribution in [0.15, 0.2) is 0 Å². The third-order valence-corrected chi connectivity index (χ3v) is 4.69. The minimum Gasteiger partial charge on any atom is -0.299 e. The summed E-state index contributed by atoms with van der Waals surface area (Å²) in [6.07, 6.45) is 22.3. The molecule has 135 valence electrons. The molecule has 0 amide bonds. The van der Waals surface area contributed by atoms with Crippen molar-refractivity contribution in [1.82, 2.24) is 0 Å². The fourth-order valence-corrected chi connectivity index (χ4v) is 2.95. The molecule has 0 aliphatic rings. The Kier molecular flexibility index (Phi) is 17.2. The predicted octanol–water partition coefficient (Wildman–Crippen LogP) is 6.56. The van der Waals surface area contributed by atoms with Gasteiger partial charge in [0.15, 0.2) is 0 Å². The molecule has 0 saturated carbocycles. The molecule has 0 aliphatic heterocycles. The molecule has 0 N–H and O–H groups in total. The van der Waals surface area contributed by atoms with E-state index in [1.807, 2.05) is 0 Å². The van der Waals surface area contributed by atoms with Gasteiger partial charge in [-0.3, -0.25) is 9.59 Å². The number of rotatable bonds is 18. The SMILES string of the molecule is CCCCCCCCCCCCCCCCCC(=O)C(C)[C]=O. The van der Waals surface area contributed by atoms with Crippen molar-refractivity contribution in [3.8, 4) is 0 Å². The Labute approximate surface area is 144 Å². The number of carbonyl (C=O) groups is 1. The Balaban J connectivity index is 3.11. The molecule has 1 radical (unpaired) electrons. The molecule has 0 saturated heterocycles. The molecule has 0 aromatic heterocycles. The molecule has 2 heteroatoms. The van der Waals surface area contributed by atoms with Gasteiger partial charge in [-0.15, -0.1) is 0 Å². The third kappa shape index (κ3) is 16.0. The van der Waals surface area contributed by atoms with E-state index in [1.54, 1.807) is 13.2 Å². The number of unbranched alkanes of at least 4 members (excludes halogenated alkanes) is 14. The summed E-state index contributed by atoms with van der Waals surface area (Å²) in [6.45, 7) is 3.91. The molecule has 0 aliphatic carbocycles. The lowest BCUT2D eigenvalue weighted by molar-refractivity contribution is -0.120. The van der Waals surface area contributed by atoms with Gasteiger partial charge in [-0.2, -0.15) is 0 Å². The maximum absolute atomic E-state index is 11.4. The van der Waals surface area contributed by atoms with Gasteiger partial charge in [-0.05, 0) is 13.3 Å². The summed E-state index contributed by atoms with van der Waals surface area (Å²) < 4.78 is 0. The number of carbonyl (C=O) groups excluding carboxylic acids is 2. The largest absolute Gasteiger partial charge is 0.299 e. The zero-order valence-corrected chi connectivity index (χ0v) is 15.7. The highest BCUT2D eigenvalue weighted by atomic mass is 16.1. The molecule has 0 fully saturated rings. The molecule has 0 aromatic carbocycles. The van der Waals surface area contributed by atoms with Crippen LogP contribution in [0.3, 0.4) is 0 Å². The number of hydrogen-bond acceptors (Lipinski definition) is 2. The quantitative estimate of drug-likeness (QED) is 0.211. The Bertz CT molecular complexity index is 273. The maximum atomic E-state index is 11.4. The van der Waals surface area contributed by atoms with Gasteiger partial charge in [-0.25, -0.2) is 0 Å². The van der Waals surface area contributed by atoms with Crippen LogP contribution in [0.2, 0.25) is 0 Å². The van der Waals surface area contributed by atoms with Crippen LogP contribution in [-0.4, -0.2) is 12.1 Å². The topological polar surface area (TPSA) is 34.1 Å². The summed E-state index contributed by atoms with van der Waals surface area (Å²) in [5.74, 6) is -0.476. The Morgan fingerprint density at radius 1 is 0.696 bits per heavy atom. The molecule has 1 atom stereocenters. The lowest BCUT2D eigenvalue weighted by atomic mass is 10.0. The Morgan fingerprint density at radius 2 is 1.04 bits per heavy atom. The maximum Gasteiger partial charge on any atom is 0.209 e. The molecule has 1 unspecified atom stereocenters. The van der Waals surface area contributed by atoms with Crippen molar-refractivity contribution in [3.63, 3.8) is 0 Å². The summed E-state index contributed by atoms with van der Waals surface area (Å²) >= 11 is 0. The van der Waals surface area contributed by atoms with E-state index in [0.717, 1.165) is 12.8 Å². The number of ketones is 1. The first-order valence-corrected chi connectivity index (χ1v) is 10.1. The van der Waals surface area contributed by atoms with Crippen molar-refractivity contribution < 1.29 is 9.59 Å². The van der Waals surface area contributed by atoms with Gasteiger partial charge in [0.05, 0.1) is 5.92 Å². The number of hydrogen-bond donors (Lipinski definition) is 0. The standard InChI is InChI=1S/C21H39O2/c1-3-4-5-6-7-8-9-10-11-12-13-14-15-16-17-18-21(23)20(2)19-22/h20H,3-18H2,1-2H3. The summed E-state index contributed by atoms with van der Waals surface area (Å²) in [6, 6.07) is 0. The smallest absolute Gasteiger partial charge is 0.209 e. The fourth-order valence-electron chi connectivity index (χ4n) is 2.95. The monoisotopic (exact) mass is 323 g/mol. The van der Waals surface area contributed by atoms with Gasteiger partial charge in [0.25, 0.3) is 0 Å². The normalized spacial score (nSPS) is 12.3. The lowest BCUT2D eigenvalue weighted by Gasteiger charge is -2.04. The second-order valence-electron chi connectivity index (χ2n) is 7.01. The lowest BCUT2D eigenvalue weighted by Crippen LogP contribution is -2.11. The van der Waals surface area contributed by atoms with Crippen LogP contribution in [0.25, 0.3) is 0 Å². The molecule has 23 heavy (non-hydrogen) atoms. The highest BCUT2D eigenvalue weighted by Gasteiger charge is 2.11. The van der Waals surface area contributed by atoms with Gasteiger partial charge in [0, 0.05) is 6.42 Å². The first kappa shape index (κ1) is 22.3. The average molecular weight is 324 g/mol. The van der Waals surface area contributed by atoms with E-state index in [4.69, 9.17) is 0 Å². The van der Waals surface area contributed by atoms with Crippen LogP contribution in [0, 0.1) is 5.92 Å². The second kappa shape index (κ2) is 17.7. The van der Waals surface area contributed by atoms with E-state index < -0.39 is 5.92 Å². The minimum atomic E-state index is -0.526. The highest BCUT2D eigenvalue weighted by Crippen LogP contribution is 2.14. The molecule has 0 spiro atoms. The zero-order valence-electron chi connectivity index (χ0n) is 15.7. The van der Waals surface area contributed by atoms with Crippen LogP contribution in [0.5, 0.6) is 0 Å². The van der Waals surface area contributed by atoms with Gasteiger partial charge < -0.3 is 0 Å². The molecular weight excluding hydrogens is 284 g/mol. The van der Waals surface area contributed by atoms with Crippen LogP contribution in [0.1, 0.15) is 117 Å². The van der Waals surface area contributed by atoms with E-state index in [-0.39, 0.29) is 5.78 Å². The zero-order chi connectivity index (χ0) is 17.2. The predicted molar refractivity (Wildman–Crippen MR) is 99.4 cm³/mol. The van der Waals surface area contributed by atoms with Crippen molar-refractivity contribution >= 4 is 12.1 Å². The van der Waals surface area contributed by atoms with E-state index in [0.29, 0.717) is 6.42 Å². The summed E-state index contributed by atoms with van der Waals surface area (Å²) in [4.78, 5) is 21.8.